The molecule has 1 unspecified atom stereocenters. The Morgan fingerprint density at radius 1 is 0.528 bits per heavy atom. The van der Waals surface area contributed by atoms with Crippen LogP contribution < -0.4 is 10.2 Å². The SMILES string of the molecule is CC.CC.Cc1ccc(C2Nc3ccccc3N2c2ccccc2)cc1.c1ccc2ccccc2c1. The Hall–Kier alpha value is -4.04. The molecule has 1 atom stereocenters. The molecule has 1 N–H and O–H groups in total. The van der Waals surface area contributed by atoms with Gasteiger partial charge in [-0.05, 0) is 47.5 Å². The molecule has 0 bridgehead atoms. The number of anilines is 3. The summed E-state index contributed by atoms with van der Waals surface area (Å²) in [6.07, 6.45) is 0.125. The Morgan fingerprint density at radius 2 is 1.00 bits per heavy atom. The molecule has 0 fully saturated rings. The van der Waals surface area contributed by atoms with Crippen molar-refractivity contribution in [1.82, 2.24) is 0 Å². The number of nitrogens with zero attached hydrogens (tertiary/aromatic N) is 1. The van der Waals surface area contributed by atoms with Crippen LogP contribution in [0.4, 0.5) is 17.1 Å². The number of para-hydroxylation sites is 3. The maximum atomic E-state index is 3.64. The molecule has 2 nitrogen and oxygen atoms in total. The summed E-state index contributed by atoms with van der Waals surface area (Å²) in [5.41, 5.74) is 6.15. The molecule has 5 aromatic carbocycles. The molecule has 36 heavy (non-hydrogen) atoms. The number of nitrogens with one attached hydrogen (secondary N) is 1. The highest BCUT2D eigenvalue weighted by Crippen LogP contribution is 2.45. The van der Waals surface area contributed by atoms with Gasteiger partial charge in [-0.3, -0.25) is 0 Å². The molecule has 0 aromatic heterocycles. The van der Waals surface area contributed by atoms with Crippen LogP contribution >= 0.6 is 0 Å². The normalized spacial score (nSPS) is 13.0. The van der Waals surface area contributed by atoms with Gasteiger partial charge in [0.2, 0.25) is 0 Å². The highest BCUT2D eigenvalue weighted by molar-refractivity contribution is 5.83. The summed E-state index contributed by atoms with van der Waals surface area (Å²) in [4.78, 5) is 2.36. The highest BCUT2D eigenvalue weighted by atomic mass is 15.3. The van der Waals surface area contributed by atoms with Crippen LogP contribution in [0.5, 0.6) is 0 Å². The van der Waals surface area contributed by atoms with Crippen LogP contribution in [-0.2, 0) is 0 Å². The van der Waals surface area contributed by atoms with Crippen LogP contribution in [0.15, 0.2) is 127 Å². The first-order valence-electron chi connectivity index (χ1n) is 13.0. The average Bonchev–Trinajstić information content (AvgIpc) is 3.36. The summed E-state index contributed by atoms with van der Waals surface area (Å²) >= 11 is 0. The lowest BCUT2D eigenvalue weighted by Crippen LogP contribution is -2.23. The van der Waals surface area contributed by atoms with Gasteiger partial charge in [0.25, 0.3) is 0 Å². The van der Waals surface area contributed by atoms with Gasteiger partial charge in [0.05, 0.1) is 11.4 Å². The third-order valence-corrected chi connectivity index (χ3v) is 5.80. The van der Waals surface area contributed by atoms with E-state index in [9.17, 15) is 0 Å². The molecule has 0 spiro atoms. The quantitative estimate of drug-likeness (QED) is 0.274. The molecule has 0 saturated heterocycles. The van der Waals surface area contributed by atoms with Gasteiger partial charge < -0.3 is 10.2 Å². The Bertz CT molecular complexity index is 1240. The van der Waals surface area contributed by atoms with E-state index in [0.29, 0.717) is 0 Å². The zero-order valence-electron chi connectivity index (χ0n) is 22.1. The molecule has 184 valence electrons. The van der Waals surface area contributed by atoms with Crippen molar-refractivity contribution in [2.24, 2.45) is 0 Å². The van der Waals surface area contributed by atoms with Crippen LogP contribution in [0.1, 0.15) is 45.0 Å². The van der Waals surface area contributed by atoms with Crippen LogP contribution in [0.3, 0.4) is 0 Å². The van der Waals surface area contributed by atoms with E-state index < -0.39 is 0 Å². The van der Waals surface area contributed by atoms with Gasteiger partial charge in [-0.2, -0.15) is 0 Å². The molecule has 0 aliphatic carbocycles. The minimum absolute atomic E-state index is 0.125. The van der Waals surface area contributed by atoms with Crippen molar-refractivity contribution >= 4 is 27.8 Å². The van der Waals surface area contributed by atoms with E-state index >= 15 is 0 Å². The van der Waals surface area contributed by atoms with Crippen LogP contribution in [0.25, 0.3) is 10.8 Å². The summed E-state index contributed by atoms with van der Waals surface area (Å²) in [6, 6.07) is 44.5. The Kier molecular flexibility index (Phi) is 10.1. The minimum Gasteiger partial charge on any atom is -0.359 e. The van der Waals surface area contributed by atoms with Crippen molar-refractivity contribution < 1.29 is 0 Å². The second-order valence-corrected chi connectivity index (χ2v) is 8.03. The van der Waals surface area contributed by atoms with E-state index in [-0.39, 0.29) is 6.17 Å². The van der Waals surface area contributed by atoms with Crippen molar-refractivity contribution in [2.45, 2.75) is 40.8 Å². The third kappa shape index (κ3) is 6.34. The molecule has 0 amide bonds. The second-order valence-electron chi connectivity index (χ2n) is 8.03. The fraction of sp³-hybridized carbons (Fsp3) is 0.176. The number of rotatable bonds is 2. The van der Waals surface area contributed by atoms with E-state index in [4.69, 9.17) is 0 Å². The monoisotopic (exact) mass is 474 g/mol. The molecule has 1 aliphatic rings. The lowest BCUT2D eigenvalue weighted by molar-refractivity contribution is 0.828. The van der Waals surface area contributed by atoms with Crippen molar-refractivity contribution in [3.8, 4) is 0 Å². The maximum Gasteiger partial charge on any atom is 0.130 e. The van der Waals surface area contributed by atoms with Gasteiger partial charge in [0, 0.05) is 5.69 Å². The van der Waals surface area contributed by atoms with Crippen LogP contribution in [0, 0.1) is 6.92 Å². The summed E-state index contributed by atoms with van der Waals surface area (Å²) in [6.45, 7) is 10.1. The van der Waals surface area contributed by atoms with Gasteiger partial charge in [0.15, 0.2) is 0 Å². The van der Waals surface area contributed by atoms with E-state index in [2.05, 4.69) is 145 Å². The summed E-state index contributed by atoms with van der Waals surface area (Å²) in [7, 11) is 0. The lowest BCUT2D eigenvalue weighted by atomic mass is 10.1. The molecule has 6 rings (SSSR count). The molecule has 0 saturated carbocycles. The maximum absolute atomic E-state index is 3.64. The first-order valence-corrected chi connectivity index (χ1v) is 13.0. The topological polar surface area (TPSA) is 15.3 Å². The van der Waals surface area contributed by atoms with E-state index in [1.54, 1.807) is 0 Å². The molecule has 1 heterocycles. The van der Waals surface area contributed by atoms with E-state index in [0.717, 1.165) is 0 Å². The summed E-state index contributed by atoms with van der Waals surface area (Å²) < 4.78 is 0. The Balaban J connectivity index is 0.000000215. The fourth-order valence-electron chi connectivity index (χ4n) is 4.15. The van der Waals surface area contributed by atoms with Crippen molar-refractivity contribution in [3.05, 3.63) is 139 Å². The highest BCUT2D eigenvalue weighted by Gasteiger charge is 2.30. The first-order chi connectivity index (χ1) is 17.8. The van der Waals surface area contributed by atoms with E-state index in [1.165, 1.54) is 39.0 Å². The van der Waals surface area contributed by atoms with E-state index in [1.807, 2.05) is 27.7 Å². The second kappa shape index (κ2) is 13.7. The Labute approximate surface area is 217 Å². The molecule has 5 aromatic rings. The molecule has 0 radical (unpaired) electrons. The largest absolute Gasteiger partial charge is 0.359 e. The average molecular weight is 475 g/mol. The Morgan fingerprint density at radius 3 is 1.56 bits per heavy atom. The number of hydrogen-bond donors (Lipinski definition) is 1. The van der Waals surface area contributed by atoms with Gasteiger partial charge in [0.1, 0.15) is 6.17 Å². The number of aryl methyl sites for hydroxylation is 1. The molecule has 2 heteroatoms. The summed E-state index contributed by atoms with van der Waals surface area (Å²) in [5, 5.41) is 6.27. The molecular weight excluding hydrogens is 436 g/mol. The van der Waals surface area contributed by atoms with Crippen LogP contribution in [-0.4, -0.2) is 0 Å². The van der Waals surface area contributed by atoms with Crippen molar-refractivity contribution in [3.63, 3.8) is 0 Å². The van der Waals surface area contributed by atoms with Gasteiger partial charge >= 0.3 is 0 Å². The zero-order valence-corrected chi connectivity index (χ0v) is 22.1. The van der Waals surface area contributed by atoms with Gasteiger partial charge in [-0.15, -0.1) is 0 Å². The van der Waals surface area contributed by atoms with Gasteiger partial charge in [-0.1, -0.05) is 136 Å². The number of fused-ring (bicyclic) bond motifs is 2. The minimum atomic E-state index is 0.125. The molecule has 1 aliphatic heterocycles. The van der Waals surface area contributed by atoms with Crippen molar-refractivity contribution in [1.29, 1.82) is 0 Å². The van der Waals surface area contributed by atoms with Gasteiger partial charge in [-0.25, -0.2) is 0 Å². The predicted octanol–water partition coefficient (Wildman–Crippen LogP) is 10.1. The standard InChI is InChI=1S/C20H18N2.C10H8.2C2H6/c1-15-11-13-16(14-12-15)20-21-18-9-5-6-10-19(18)22(20)17-7-3-2-4-8-17;1-2-6-10-8-4-3-7-9(10)5-1;2*1-2/h2-14,20-21H,1H3;1-8H;2*1-2H3. The zero-order chi connectivity index (χ0) is 25.8. The number of hydrogen-bond acceptors (Lipinski definition) is 2. The molecular formula is C34H38N2. The fourth-order valence-corrected chi connectivity index (χ4v) is 4.15. The first kappa shape index (κ1) is 26.6. The smallest absolute Gasteiger partial charge is 0.130 e. The summed E-state index contributed by atoms with van der Waals surface area (Å²) in [5.74, 6) is 0. The number of benzene rings is 5. The lowest BCUT2D eigenvalue weighted by Gasteiger charge is -2.27. The predicted molar refractivity (Wildman–Crippen MR) is 159 cm³/mol. The van der Waals surface area contributed by atoms with Crippen LogP contribution in [0.2, 0.25) is 0 Å². The third-order valence-electron chi connectivity index (χ3n) is 5.80. The van der Waals surface area contributed by atoms with Crippen molar-refractivity contribution in [2.75, 3.05) is 10.2 Å².